The maximum atomic E-state index is 14.2. The molecule has 4 rings (SSSR count). The molecule has 0 radical (unpaired) electrons. The summed E-state index contributed by atoms with van der Waals surface area (Å²) in [4.78, 5) is 39.7. The summed E-state index contributed by atoms with van der Waals surface area (Å²) in [6.07, 6.45) is 0. The van der Waals surface area contributed by atoms with Gasteiger partial charge in [-0.3, -0.25) is 14.4 Å². The number of nitrogens with one attached hydrogen (secondary N) is 2. The number of carbonyl (C=O) groups excluding carboxylic acids is 3. The van der Waals surface area contributed by atoms with Gasteiger partial charge in [0.05, 0.1) is 23.8 Å². The largest absolute Gasteiger partial charge is 0.368 e. The van der Waals surface area contributed by atoms with Crippen LogP contribution in [0.15, 0.2) is 72.8 Å². The van der Waals surface area contributed by atoms with Gasteiger partial charge in [-0.05, 0) is 17.7 Å². The number of fused-ring (bicyclic) bond motifs is 1. The molecule has 0 saturated carbocycles. The van der Waals surface area contributed by atoms with E-state index in [4.69, 9.17) is 17.3 Å². The summed E-state index contributed by atoms with van der Waals surface area (Å²) in [5.41, 5.74) is 11.1. The smallest absolute Gasteiger partial charge is 0.241 e. The number of primary amides is 1. The number of hydrogen-bond donors (Lipinski definition) is 3. The molecule has 0 aromatic heterocycles. The number of para-hydroxylation sites is 1. The van der Waals surface area contributed by atoms with E-state index in [0.29, 0.717) is 11.3 Å². The SMILES string of the molecule is NC(=O)C1c2ccccc2NN1CC(=O)N(CC(=O)NCc1cccc(Cl)c1F)Cc1ccccc1. The molecule has 10 heteroatoms. The van der Waals surface area contributed by atoms with Crippen LogP contribution in [0.4, 0.5) is 10.1 Å². The number of nitrogens with zero attached hydrogens (tertiary/aromatic N) is 2. The Labute approximate surface area is 212 Å². The van der Waals surface area contributed by atoms with Crippen LogP contribution in [-0.4, -0.2) is 40.7 Å². The first-order valence-corrected chi connectivity index (χ1v) is 11.6. The van der Waals surface area contributed by atoms with Gasteiger partial charge >= 0.3 is 0 Å². The lowest BCUT2D eigenvalue weighted by atomic mass is 10.1. The Bertz CT molecular complexity index is 1270. The van der Waals surface area contributed by atoms with Gasteiger partial charge in [0.15, 0.2) is 0 Å². The van der Waals surface area contributed by atoms with Crippen LogP contribution in [-0.2, 0) is 27.5 Å². The first kappa shape index (κ1) is 25.2. The van der Waals surface area contributed by atoms with E-state index >= 15 is 0 Å². The average Bonchev–Trinajstić information content (AvgIpc) is 3.23. The number of nitrogens with two attached hydrogens (primary N) is 1. The van der Waals surface area contributed by atoms with E-state index in [1.807, 2.05) is 36.4 Å². The Balaban J connectivity index is 1.47. The highest BCUT2D eigenvalue weighted by Crippen LogP contribution is 2.34. The van der Waals surface area contributed by atoms with Crippen molar-refractivity contribution in [3.8, 4) is 0 Å². The molecule has 3 aromatic rings. The Hall–Kier alpha value is -3.95. The fraction of sp³-hybridized carbons (Fsp3) is 0.192. The van der Waals surface area contributed by atoms with Crippen molar-refractivity contribution in [3.05, 3.63) is 100 Å². The lowest BCUT2D eigenvalue weighted by molar-refractivity contribution is -0.138. The van der Waals surface area contributed by atoms with Crippen LogP contribution >= 0.6 is 11.6 Å². The van der Waals surface area contributed by atoms with Gasteiger partial charge in [0.2, 0.25) is 17.7 Å². The van der Waals surface area contributed by atoms with Gasteiger partial charge in [0.25, 0.3) is 0 Å². The zero-order chi connectivity index (χ0) is 25.7. The zero-order valence-electron chi connectivity index (χ0n) is 19.3. The molecular formula is C26H25ClFN5O3. The number of anilines is 1. The highest BCUT2D eigenvalue weighted by atomic mass is 35.5. The van der Waals surface area contributed by atoms with Crippen LogP contribution in [0.2, 0.25) is 5.02 Å². The van der Waals surface area contributed by atoms with E-state index in [2.05, 4.69) is 10.7 Å². The second-order valence-corrected chi connectivity index (χ2v) is 8.76. The molecule has 1 heterocycles. The molecule has 8 nitrogen and oxygen atoms in total. The molecule has 1 atom stereocenters. The number of rotatable bonds is 9. The standard InChI is InChI=1S/C26H25ClFN5O3/c27-20-11-6-9-18(24(20)28)13-30-22(34)15-32(14-17-7-2-1-3-8-17)23(35)16-33-25(26(29)36)19-10-4-5-12-21(19)31-33/h1-12,25,31H,13-16H2,(H2,29,36)(H,30,34). The number of carbonyl (C=O) groups is 3. The molecule has 0 spiro atoms. The molecule has 0 fully saturated rings. The summed E-state index contributed by atoms with van der Waals surface area (Å²) in [5, 5.41) is 4.07. The van der Waals surface area contributed by atoms with Gasteiger partial charge in [-0.2, -0.15) is 5.01 Å². The topological polar surface area (TPSA) is 108 Å². The highest BCUT2D eigenvalue weighted by molar-refractivity contribution is 6.30. The fourth-order valence-corrected chi connectivity index (χ4v) is 4.25. The summed E-state index contributed by atoms with van der Waals surface area (Å²) < 4.78 is 14.2. The molecular weight excluding hydrogens is 485 g/mol. The predicted molar refractivity (Wildman–Crippen MR) is 134 cm³/mol. The van der Waals surface area contributed by atoms with E-state index < -0.39 is 29.6 Å². The Morgan fingerprint density at radius 1 is 1.03 bits per heavy atom. The van der Waals surface area contributed by atoms with Crippen molar-refractivity contribution in [2.24, 2.45) is 5.73 Å². The van der Waals surface area contributed by atoms with Crippen LogP contribution in [0, 0.1) is 5.82 Å². The van der Waals surface area contributed by atoms with Crippen molar-refractivity contribution in [3.63, 3.8) is 0 Å². The van der Waals surface area contributed by atoms with Crippen molar-refractivity contribution >= 4 is 35.0 Å². The Kier molecular flexibility index (Phi) is 7.82. The third-order valence-corrected chi connectivity index (χ3v) is 6.11. The maximum Gasteiger partial charge on any atom is 0.241 e. The summed E-state index contributed by atoms with van der Waals surface area (Å²) >= 11 is 5.81. The van der Waals surface area contributed by atoms with E-state index in [0.717, 1.165) is 5.56 Å². The van der Waals surface area contributed by atoms with E-state index in [1.54, 1.807) is 24.3 Å². The summed E-state index contributed by atoms with van der Waals surface area (Å²) in [5.74, 6) is -2.07. The number of halogens is 2. The van der Waals surface area contributed by atoms with Crippen molar-refractivity contribution in [1.29, 1.82) is 0 Å². The second-order valence-electron chi connectivity index (χ2n) is 8.36. The molecule has 4 N–H and O–H groups in total. The van der Waals surface area contributed by atoms with Crippen molar-refractivity contribution in [1.82, 2.24) is 15.2 Å². The maximum absolute atomic E-state index is 14.2. The third kappa shape index (κ3) is 5.81. The van der Waals surface area contributed by atoms with Crippen LogP contribution < -0.4 is 16.5 Å². The molecule has 1 aliphatic heterocycles. The minimum Gasteiger partial charge on any atom is -0.368 e. The number of amides is 3. The second kappa shape index (κ2) is 11.2. The highest BCUT2D eigenvalue weighted by Gasteiger charge is 2.36. The normalized spacial score (nSPS) is 14.6. The van der Waals surface area contributed by atoms with Gasteiger partial charge in [0.1, 0.15) is 11.9 Å². The van der Waals surface area contributed by atoms with E-state index in [-0.39, 0.29) is 36.8 Å². The van der Waals surface area contributed by atoms with Gasteiger partial charge in [-0.1, -0.05) is 72.3 Å². The van der Waals surface area contributed by atoms with Crippen molar-refractivity contribution < 1.29 is 18.8 Å². The first-order chi connectivity index (χ1) is 17.3. The summed E-state index contributed by atoms with van der Waals surface area (Å²) in [6, 6.07) is 20.1. The van der Waals surface area contributed by atoms with Gasteiger partial charge in [0, 0.05) is 24.2 Å². The van der Waals surface area contributed by atoms with Crippen LogP contribution in [0.3, 0.4) is 0 Å². The van der Waals surface area contributed by atoms with Crippen molar-refractivity contribution in [2.75, 3.05) is 18.5 Å². The molecule has 3 amide bonds. The van der Waals surface area contributed by atoms with Gasteiger partial charge < -0.3 is 21.4 Å². The lowest BCUT2D eigenvalue weighted by Gasteiger charge is -2.27. The minimum atomic E-state index is -0.830. The van der Waals surface area contributed by atoms with Crippen LogP contribution in [0.25, 0.3) is 0 Å². The van der Waals surface area contributed by atoms with Gasteiger partial charge in [-0.15, -0.1) is 0 Å². The molecule has 0 bridgehead atoms. The number of benzene rings is 3. The molecule has 0 aliphatic carbocycles. The Morgan fingerprint density at radius 2 is 1.75 bits per heavy atom. The molecule has 3 aromatic carbocycles. The van der Waals surface area contributed by atoms with Crippen LogP contribution in [0.5, 0.6) is 0 Å². The average molecular weight is 510 g/mol. The minimum absolute atomic E-state index is 0.0363. The number of hydrazine groups is 1. The fourth-order valence-electron chi connectivity index (χ4n) is 4.05. The molecule has 1 aliphatic rings. The molecule has 1 unspecified atom stereocenters. The molecule has 36 heavy (non-hydrogen) atoms. The quantitative estimate of drug-likeness (QED) is 0.411. The number of hydrogen-bond acceptors (Lipinski definition) is 5. The zero-order valence-corrected chi connectivity index (χ0v) is 20.0. The third-order valence-electron chi connectivity index (χ3n) is 5.82. The van der Waals surface area contributed by atoms with Crippen molar-refractivity contribution in [2.45, 2.75) is 19.1 Å². The Morgan fingerprint density at radius 3 is 2.50 bits per heavy atom. The summed E-state index contributed by atoms with van der Waals surface area (Å²) in [6.45, 7) is -0.380. The summed E-state index contributed by atoms with van der Waals surface area (Å²) in [7, 11) is 0. The van der Waals surface area contributed by atoms with E-state index in [9.17, 15) is 18.8 Å². The lowest BCUT2D eigenvalue weighted by Crippen LogP contribution is -2.47. The van der Waals surface area contributed by atoms with Gasteiger partial charge in [-0.25, -0.2) is 4.39 Å². The molecule has 0 saturated heterocycles. The first-order valence-electron chi connectivity index (χ1n) is 11.3. The predicted octanol–water partition coefficient (Wildman–Crippen LogP) is 2.99. The monoisotopic (exact) mass is 509 g/mol. The van der Waals surface area contributed by atoms with Crippen LogP contribution in [0.1, 0.15) is 22.7 Å². The molecule has 186 valence electrons. The van der Waals surface area contributed by atoms with E-state index in [1.165, 1.54) is 22.0 Å².